The summed E-state index contributed by atoms with van der Waals surface area (Å²) in [6.45, 7) is 0.819. The zero-order valence-corrected chi connectivity index (χ0v) is 8.79. The summed E-state index contributed by atoms with van der Waals surface area (Å²) in [5.41, 5.74) is 0. The van der Waals surface area contributed by atoms with Crippen LogP contribution < -0.4 is 10.6 Å². The van der Waals surface area contributed by atoms with Gasteiger partial charge in [0, 0.05) is 25.4 Å². The van der Waals surface area contributed by atoms with Gasteiger partial charge in [-0.05, 0) is 19.3 Å². The van der Waals surface area contributed by atoms with Gasteiger partial charge in [-0.3, -0.25) is 9.59 Å². The van der Waals surface area contributed by atoms with Crippen molar-refractivity contribution in [2.75, 3.05) is 19.7 Å². The molecule has 1 fully saturated rings. The fourth-order valence-corrected chi connectivity index (χ4v) is 1.23. The minimum atomic E-state index is -0.0790. The molecule has 3 N–H and O–H groups in total. The minimum absolute atomic E-state index is 0.0375. The standard InChI is InChI=1S/C10H18N2O3/c13-7-6-11-9(14)2-1-5-12-10(15)8-3-4-8/h8,13H,1-7H2,(H,11,14)(H,12,15). The average Bonchev–Trinajstić information content (AvgIpc) is 3.04. The van der Waals surface area contributed by atoms with Gasteiger partial charge in [0.2, 0.25) is 11.8 Å². The molecule has 5 heteroatoms. The molecule has 0 aliphatic heterocycles. The average molecular weight is 214 g/mol. The first-order chi connectivity index (χ1) is 7.24. The van der Waals surface area contributed by atoms with Crippen LogP contribution in [0, 0.1) is 5.92 Å². The van der Waals surface area contributed by atoms with E-state index in [9.17, 15) is 9.59 Å². The van der Waals surface area contributed by atoms with Gasteiger partial charge in [0.1, 0.15) is 0 Å². The van der Waals surface area contributed by atoms with Crippen molar-refractivity contribution in [2.45, 2.75) is 25.7 Å². The first kappa shape index (κ1) is 12.0. The fraction of sp³-hybridized carbons (Fsp3) is 0.800. The van der Waals surface area contributed by atoms with E-state index in [2.05, 4.69) is 10.6 Å². The van der Waals surface area contributed by atoms with Gasteiger partial charge in [-0.1, -0.05) is 0 Å². The predicted molar refractivity (Wildman–Crippen MR) is 55.1 cm³/mol. The molecule has 0 bridgehead atoms. The molecule has 0 aromatic heterocycles. The molecular formula is C10H18N2O3. The highest BCUT2D eigenvalue weighted by Gasteiger charge is 2.28. The van der Waals surface area contributed by atoms with Crippen molar-refractivity contribution < 1.29 is 14.7 Å². The monoisotopic (exact) mass is 214 g/mol. The van der Waals surface area contributed by atoms with Gasteiger partial charge in [-0.25, -0.2) is 0 Å². The smallest absolute Gasteiger partial charge is 0.223 e. The SMILES string of the molecule is O=C(CCCNC(=O)C1CC1)NCCO. The van der Waals surface area contributed by atoms with Gasteiger partial charge in [-0.2, -0.15) is 0 Å². The molecule has 0 radical (unpaired) electrons. The molecule has 1 saturated carbocycles. The van der Waals surface area contributed by atoms with Gasteiger partial charge in [0.25, 0.3) is 0 Å². The summed E-state index contributed by atoms with van der Waals surface area (Å²) in [5, 5.41) is 13.8. The van der Waals surface area contributed by atoms with E-state index >= 15 is 0 Å². The Balaban J connectivity index is 1.91. The molecule has 2 amide bonds. The second-order valence-corrected chi connectivity index (χ2v) is 3.74. The minimum Gasteiger partial charge on any atom is -0.395 e. The highest BCUT2D eigenvalue weighted by atomic mass is 16.3. The highest BCUT2D eigenvalue weighted by molar-refractivity contribution is 5.81. The molecule has 5 nitrogen and oxygen atoms in total. The van der Waals surface area contributed by atoms with Crippen molar-refractivity contribution in [1.82, 2.24) is 10.6 Å². The lowest BCUT2D eigenvalue weighted by atomic mass is 10.3. The van der Waals surface area contributed by atoms with Crippen LogP contribution in [0.15, 0.2) is 0 Å². The van der Waals surface area contributed by atoms with Crippen molar-refractivity contribution in [3.8, 4) is 0 Å². The van der Waals surface area contributed by atoms with Crippen LogP contribution >= 0.6 is 0 Å². The zero-order chi connectivity index (χ0) is 11.1. The first-order valence-corrected chi connectivity index (χ1v) is 5.39. The third kappa shape index (κ3) is 5.37. The first-order valence-electron chi connectivity index (χ1n) is 5.39. The van der Waals surface area contributed by atoms with Gasteiger partial charge >= 0.3 is 0 Å². The molecule has 1 aliphatic carbocycles. The van der Waals surface area contributed by atoms with Crippen LogP contribution in [-0.2, 0) is 9.59 Å². The normalized spacial score (nSPS) is 14.7. The number of aliphatic hydroxyl groups excluding tert-OH is 1. The van der Waals surface area contributed by atoms with Crippen LogP contribution in [0.25, 0.3) is 0 Å². The van der Waals surface area contributed by atoms with Crippen LogP contribution in [0.4, 0.5) is 0 Å². The highest BCUT2D eigenvalue weighted by Crippen LogP contribution is 2.28. The quantitative estimate of drug-likeness (QED) is 0.495. The Hall–Kier alpha value is -1.10. The summed E-state index contributed by atoms with van der Waals surface area (Å²) < 4.78 is 0. The summed E-state index contributed by atoms with van der Waals surface area (Å²) in [6.07, 6.45) is 3.05. The van der Waals surface area contributed by atoms with Crippen LogP contribution in [-0.4, -0.2) is 36.6 Å². The van der Waals surface area contributed by atoms with Crippen molar-refractivity contribution in [1.29, 1.82) is 0 Å². The third-order valence-electron chi connectivity index (χ3n) is 2.26. The summed E-state index contributed by atoms with van der Waals surface area (Å²) >= 11 is 0. The lowest BCUT2D eigenvalue weighted by Gasteiger charge is -2.04. The zero-order valence-electron chi connectivity index (χ0n) is 8.79. The van der Waals surface area contributed by atoms with E-state index in [1.807, 2.05) is 0 Å². The van der Waals surface area contributed by atoms with E-state index < -0.39 is 0 Å². The van der Waals surface area contributed by atoms with E-state index in [0.29, 0.717) is 25.9 Å². The molecule has 0 heterocycles. The Morgan fingerprint density at radius 3 is 2.53 bits per heavy atom. The van der Waals surface area contributed by atoms with Gasteiger partial charge in [-0.15, -0.1) is 0 Å². The molecule has 0 aromatic carbocycles. The van der Waals surface area contributed by atoms with Crippen molar-refractivity contribution in [3.05, 3.63) is 0 Å². The molecule has 1 rings (SSSR count). The largest absolute Gasteiger partial charge is 0.395 e. The maximum atomic E-state index is 11.2. The van der Waals surface area contributed by atoms with E-state index in [0.717, 1.165) is 12.8 Å². The Morgan fingerprint density at radius 1 is 1.20 bits per heavy atom. The maximum Gasteiger partial charge on any atom is 0.223 e. The predicted octanol–water partition coefficient (Wildman–Crippen LogP) is -0.599. The number of carbonyl (C=O) groups excluding carboxylic acids is 2. The summed E-state index contributed by atoms with van der Waals surface area (Å²) in [5.74, 6) is 0.267. The summed E-state index contributed by atoms with van der Waals surface area (Å²) in [7, 11) is 0. The number of rotatable bonds is 7. The lowest BCUT2D eigenvalue weighted by Crippen LogP contribution is -2.29. The number of hydrogen-bond donors (Lipinski definition) is 3. The fourth-order valence-electron chi connectivity index (χ4n) is 1.23. The van der Waals surface area contributed by atoms with Crippen LogP contribution in [0.5, 0.6) is 0 Å². The molecule has 0 unspecified atom stereocenters. The maximum absolute atomic E-state index is 11.2. The molecule has 0 spiro atoms. The van der Waals surface area contributed by atoms with Crippen LogP contribution in [0.2, 0.25) is 0 Å². The van der Waals surface area contributed by atoms with E-state index in [4.69, 9.17) is 5.11 Å². The number of nitrogens with one attached hydrogen (secondary N) is 2. The summed E-state index contributed by atoms with van der Waals surface area (Å²) in [6, 6.07) is 0. The Labute approximate surface area is 89.2 Å². The molecule has 0 aromatic rings. The Bertz CT molecular complexity index is 227. The van der Waals surface area contributed by atoms with Crippen molar-refractivity contribution in [2.24, 2.45) is 5.92 Å². The Kier molecular flexibility index (Phi) is 5.10. The van der Waals surface area contributed by atoms with Crippen LogP contribution in [0.3, 0.4) is 0 Å². The number of hydrogen-bond acceptors (Lipinski definition) is 3. The van der Waals surface area contributed by atoms with Gasteiger partial charge < -0.3 is 15.7 Å². The van der Waals surface area contributed by atoms with Crippen molar-refractivity contribution >= 4 is 11.8 Å². The molecular weight excluding hydrogens is 196 g/mol. The Morgan fingerprint density at radius 2 is 1.93 bits per heavy atom. The second-order valence-electron chi connectivity index (χ2n) is 3.74. The molecule has 0 saturated heterocycles. The third-order valence-corrected chi connectivity index (χ3v) is 2.26. The molecule has 0 atom stereocenters. The second kappa shape index (κ2) is 6.40. The van der Waals surface area contributed by atoms with Gasteiger partial charge in [0.15, 0.2) is 0 Å². The molecule has 1 aliphatic rings. The number of aliphatic hydroxyl groups is 1. The van der Waals surface area contributed by atoms with E-state index in [1.165, 1.54) is 0 Å². The van der Waals surface area contributed by atoms with Crippen LogP contribution in [0.1, 0.15) is 25.7 Å². The van der Waals surface area contributed by atoms with E-state index in [1.54, 1.807) is 0 Å². The number of carbonyl (C=O) groups is 2. The van der Waals surface area contributed by atoms with E-state index in [-0.39, 0.29) is 24.3 Å². The topological polar surface area (TPSA) is 78.4 Å². The molecule has 86 valence electrons. The lowest BCUT2D eigenvalue weighted by molar-refractivity contribution is -0.123. The summed E-state index contributed by atoms with van der Waals surface area (Å²) in [4.78, 5) is 22.2. The number of amides is 2. The molecule has 15 heavy (non-hydrogen) atoms. The van der Waals surface area contributed by atoms with Gasteiger partial charge in [0.05, 0.1) is 6.61 Å². The van der Waals surface area contributed by atoms with Crippen molar-refractivity contribution in [3.63, 3.8) is 0 Å².